The molecule has 2 N–H and O–H groups in total. The van der Waals surface area contributed by atoms with Gasteiger partial charge in [0.1, 0.15) is 0 Å². The molecule has 0 radical (unpaired) electrons. The molecule has 2 unspecified atom stereocenters. The van der Waals surface area contributed by atoms with E-state index in [4.69, 9.17) is 0 Å². The third-order valence-electron chi connectivity index (χ3n) is 3.38. The van der Waals surface area contributed by atoms with Crippen LogP contribution in [0, 0.1) is 6.92 Å². The Bertz CT molecular complexity index is 471. The van der Waals surface area contributed by atoms with Gasteiger partial charge in [-0.05, 0) is 43.0 Å². The highest BCUT2D eigenvalue weighted by Gasteiger charge is 2.23. The Kier molecular flexibility index (Phi) is 4.68. The van der Waals surface area contributed by atoms with Gasteiger partial charge in [-0.15, -0.1) is 0 Å². The molecule has 1 aliphatic rings. The Balaban J connectivity index is 1.90. The van der Waals surface area contributed by atoms with Crippen LogP contribution >= 0.6 is 0 Å². The molecule has 0 spiro atoms. The van der Waals surface area contributed by atoms with Gasteiger partial charge in [0, 0.05) is 18.5 Å². The summed E-state index contributed by atoms with van der Waals surface area (Å²) in [4.78, 5) is 15.9. The second-order valence-corrected chi connectivity index (χ2v) is 5.10. The van der Waals surface area contributed by atoms with Gasteiger partial charge in [0.05, 0.1) is 12.1 Å². The predicted octanol–water partition coefficient (Wildman–Crippen LogP) is 1.82. The molecule has 0 saturated heterocycles. The molecule has 1 aliphatic carbocycles. The molecule has 0 aromatic carbocycles. The van der Waals surface area contributed by atoms with Crippen molar-refractivity contribution in [2.45, 2.75) is 44.8 Å². The van der Waals surface area contributed by atoms with Crippen LogP contribution in [0.1, 0.15) is 36.8 Å². The number of carbonyl (C=O) groups excluding carboxylic acids is 1. The lowest BCUT2D eigenvalue weighted by atomic mass is 9.92. The monoisotopic (exact) mass is 260 g/mol. The number of hydrogen-bond donors (Lipinski definition) is 2. The molecule has 0 bridgehead atoms. The largest absolute Gasteiger partial charge is 0.391 e. The van der Waals surface area contributed by atoms with Crippen LogP contribution in [0.25, 0.3) is 6.08 Å². The topological polar surface area (TPSA) is 62.2 Å². The van der Waals surface area contributed by atoms with Crippen molar-refractivity contribution in [2.75, 3.05) is 0 Å². The number of nitrogens with zero attached hydrogens (tertiary/aromatic N) is 1. The normalized spacial score (nSPS) is 23.5. The average Bonchev–Trinajstić information content (AvgIpc) is 2.39. The Morgan fingerprint density at radius 2 is 2.21 bits per heavy atom. The Morgan fingerprint density at radius 1 is 1.42 bits per heavy atom. The lowest BCUT2D eigenvalue weighted by Gasteiger charge is -2.27. The van der Waals surface area contributed by atoms with Gasteiger partial charge < -0.3 is 10.4 Å². The fourth-order valence-electron chi connectivity index (χ4n) is 2.35. The van der Waals surface area contributed by atoms with Crippen LogP contribution in [0.4, 0.5) is 0 Å². The second-order valence-electron chi connectivity index (χ2n) is 5.10. The summed E-state index contributed by atoms with van der Waals surface area (Å²) in [5.41, 5.74) is 1.96. The highest BCUT2D eigenvalue weighted by molar-refractivity contribution is 5.91. The number of pyridine rings is 1. The Morgan fingerprint density at radius 3 is 2.95 bits per heavy atom. The molecule has 0 aliphatic heterocycles. The predicted molar refractivity (Wildman–Crippen MR) is 74.4 cm³/mol. The van der Waals surface area contributed by atoms with Crippen LogP contribution in [0.15, 0.2) is 24.5 Å². The highest BCUT2D eigenvalue weighted by atomic mass is 16.3. The van der Waals surface area contributed by atoms with Crippen LogP contribution in [0.2, 0.25) is 0 Å². The number of aromatic nitrogens is 1. The highest BCUT2D eigenvalue weighted by Crippen LogP contribution is 2.18. The van der Waals surface area contributed by atoms with Gasteiger partial charge in [-0.3, -0.25) is 9.78 Å². The van der Waals surface area contributed by atoms with Crippen molar-refractivity contribution in [1.82, 2.24) is 10.3 Å². The molecule has 2 rings (SSSR count). The second kappa shape index (κ2) is 6.48. The lowest BCUT2D eigenvalue weighted by Crippen LogP contribution is -2.44. The number of rotatable bonds is 3. The lowest BCUT2D eigenvalue weighted by molar-refractivity contribution is -0.118. The van der Waals surface area contributed by atoms with E-state index < -0.39 is 6.10 Å². The smallest absolute Gasteiger partial charge is 0.244 e. The molecule has 1 fully saturated rings. The first-order chi connectivity index (χ1) is 9.15. The van der Waals surface area contributed by atoms with E-state index in [-0.39, 0.29) is 11.9 Å². The molecule has 4 heteroatoms. The van der Waals surface area contributed by atoms with Gasteiger partial charge in [0.25, 0.3) is 0 Å². The Labute approximate surface area is 113 Å². The van der Waals surface area contributed by atoms with E-state index in [1.165, 1.54) is 6.08 Å². The van der Waals surface area contributed by atoms with Gasteiger partial charge >= 0.3 is 0 Å². The van der Waals surface area contributed by atoms with Crippen molar-refractivity contribution in [1.29, 1.82) is 0 Å². The van der Waals surface area contributed by atoms with E-state index in [2.05, 4.69) is 10.3 Å². The fraction of sp³-hybridized carbons (Fsp3) is 0.467. The first-order valence-electron chi connectivity index (χ1n) is 6.73. The van der Waals surface area contributed by atoms with Crippen LogP contribution in [0.3, 0.4) is 0 Å². The molecule has 1 heterocycles. The fourth-order valence-corrected chi connectivity index (χ4v) is 2.35. The number of aliphatic hydroxyl groups excluding tert-OH is 1. The van der Waals surface area contributed by atoms with Crippen LogP contribution in [-0.2, 0) is 4.79 Å². The van der Waals surface area contributed by atoms with Gasteiger partial charge in [-0.2, -0.15) is 0 Å². The number of carbonyl (C=O) groups is 1. The van der Waals surface area contributed by atoms with E-state index in [0.29, 0.717) is 0 Å². The van der Waals surface area contributed by atoms with Crippen molar-refractivity contribution < 1.29 is 9.90 Å². The van der Waals surface area contributed by atoms with E-state index in [1.807, 2.05) is 13.0 Å². The standard InChI is InChI=1S/C15H20N2O2/c1-11-8-12(10-16-9-11)6-7-15(19)17-13-4-2-3-5-14(13)18/h6-10,13-14,18H,2-5H2,1H3,(H,17,19)/b7-6+. The number of nitrogens with one attached hydrogen (secondary N) is 1. The zero-order valence-electron chi connectivity index (χ0n) is 11.2. The summed E-state index contributed by atoms with van der Waals surface area (Å²) in [6.07, 6.45) is 10.0. The van der Waals surface area contributed by atoms with Crippen molar-refractivity contribution in [3.63, 3.8) is 0 Å². The summed E-state index contributed by atoms with van der Waals surface area (Å²) in [7, 11) is 0. The average molecular weight is 260 g/mol. The summed E-state index contributed by atoms with van der Waals surface area (Å²) in [6, 6.07) is 1.85. The number of aryl methyl sites for hydroxylation is 1. The van der Waals surface area contributed by atoms with Crippen molar-refractivity contribution in [2.24, 2.45) is 0 Å². The molecule has 1 aromatic rings. The number of aliphatic hydroxyl groups is 1. The molecule has 2 atom stereocenters. The molecule has 102 valence electrons. The molecule has 1 amide bonds. The minimum atomic E-state index is -0.410. The van der Waals surface area contributed by atoms with E-state index in [9.17, 15) is 9.90 Å². The molecular weight excluding hydrogens is 240 g/mol. The molecule has 1 saturated carbocycles. The van der Waals surface area contributed by atoms with Gasteiger partial charge in [0.2, 0.25) is 5.91 Å². The zero-order valence-corrected chi connectivity index (χ0v) is 11.2. The summed E-state index contributed by atoms with van der Waals surface area (Å²) >= 11 is 0. The summed E-state index contributed by atoms with van der Waals surface area (Å²) in [6.45, 7) is 1.96. The van der Waals surface area contributed by atoms with Crippen molar-refractivity contribution >= 4 is 12.0 Å². The maximum Gasteiger partial charge on any atom is 0.244 e. The van der Waals surface area contributed by atoms with E-state index in [1.54, 1.807) is 18.5 Å². The zero-order chi connectivity index (χ0) is 13.7. The third-order valence-corrected chi connectivity index (χ3v) is 3.38. The maximum absolute atomic E-state index is 11.8. The van der Waals surface area contributed by atoms with Gasteiger partial charge in [-0.1, -0.05) is 12.8 Å². The molecule has 4 nitrogen and oxygen atoms in total. The van der Waals surface area contributed by atoms with Crippen molar-refractivity contribution in [3.05, 3.63) is 35.7 Å². The maximum atomic E-state index is 11.8. The molecule has 1 aromatic heterocycles. The van der Waals surface area contributed by atoms with E-state index >= 15 is 0 Å². The van der Waals surface area contributed by atoms with Crippen LogP contribution in [0.5, 0.6) is 0 Å². The summed E-state index contributed by atoms with van der Waals surface area (Å²) < 4.78 is 0. The quantitative estimate of drug-likeness (QED) is 0.815. The Hall–Kier alpha value is -1.68. The van der Waals surface area contributed by atoms with Crippen LogP contribution < -0.4 is 5.32 Å². The minimum Gasteiger partial charge on any atom is -0.391 e. The van der Waals surface area contributed by atoms with Crippen molar-refractivity contribution in [3.8, 4) is 0 Å². The molecular formula is C15H20N2O2. The third kappa shape index (κ3) is 4.17. The number of hydrogen-bond acceptors (Lipinski definition) is 3. The van der Waals surface area contributed by atoms with E-state index in [0.717, 1.165) is 36.8 Å². The number of amides is 1. The first kappa shape index (κ1) is 13.7. The molecule has 19 heavy (non-hydrogen) atoms. The van der Waals surface area contributed by atoms with Gasteiger partial charge in [-0.25, -0.2) is 0 Å². The summed E-state index contributed by atoms with van der Waals surface area (Å²) in [5, 5.41) is 12.6. The minimum absolute atomic E-state index is 0.110. The first-order valence-corrected chi connectivity index (χ1v) is 6.73. The van der Waals surface area contributed by atoms with Crippen LogP contribution in [-0.4, -0.2) is 28.1 Å². The summed E-state index contributed by atoms with van der Waals surface area (Å²) in [5.74, 6) is -0.160. The van der Waals surface area contributed by atoms with Gasteiger partial charge in [0.15, 0.2) is 0 Å². The SMILES string of the molecule is Cc1cncc(/C=C/C(=O)NC2CCCCC2O)c1.